The van der Waals surface area contributed by atoms with Crippen molar-refractivity contribution in [3.05, 3.63) is 65.7 Å². The summed E-state index contributed by atoms with van der Waals surface area (Å²) >= 11 is 0. The average molecular weight is 526 g/mol. The Bertz CT molecular complexity index is 1490. The number of sulfone groups is 1. The maximum Gasteiger partial charge on any atom is 0.268 e. The zero-order valence-corrected chi connectivity index (χ0v) is 21.8. The van der Waals surface area contributed by atoms with Gasteiger partial charge in [-0.2, -0.15) is 0 Å². The first-order valence-electron chi connectivity index (χ1n) is 11.7. The molecule has 0 radical (unpaired) electrons. The molecule has 0 aliphatic rings. The van der Waals surface area contributed by atoms with Gasteiger partial charge >= 0.3 is 0 Å². The van der Waals surface area contributed by atoms with E-state index in [9.17, 15) is 12.8 Å². The second-order valence-electron chi connectivity index (χ2n) is 8.61. The van der Waals surface area contributed by atoms with Gasteiger partial charge in [-0.1, -0.05) is 18.2 Å². The Morgan fingerprint density at radius 3 is 2.51 bits per heavy atom. The van der Waals surface area contributed by atoms with Crippen molar-refractivity contribution in [2.75, 3.05) is 20.8 Å². The van der Waals surface area contributed by atoms with E-state index in [-0.39, 0.29) is 22.2 Å². The molecule has 2 aromatic heterocycles. The third kappa shape index (κ3) is 5.74. The summed E-state index contributed by atoms with van der Waals surface area (Å²) < 4.78 is 51.0. The van der Waals surface area contributed by atoms with Crippen LogP contribution >= 0.6 is 0 Å². The number of nitrogens with one attached hydrogen (secondary N) is 1. The molecule has 0 saturated heterocycles. The van der Waals surface area contributed by atoms with Crippen LogP contribution in [0.4, 0.5) is 4.39 Å². The Morgan fingerprint density at radius 2 is 1.84 bits per heavy atom. The Balaban J connectivity index is 1.60. The summed E-state index contributed by atoms with van der Waals surface area (Å²) in [5.41, 5.74) is 3.06. The van der Waals surface area contributed by atoms with Gasteiger partial charge in [-0.05, 0) is 57.1 Å². The Hall–Kier alpha value is -3.54. The van der Waals surface area contributed by atoms with Crippen LogP contribution in [0.25, 0.3) is 34.3 Å². The molecule has 2 heterocycles. The van der Waals surface area contributed by atoms with Crippen LogP contribution in [0.1, 0.15) is 24.6 Å². The number of nitrogens with zero attached hydrogens (tertiary/aromatic N) is 4. The van der Waals surface area contributed by atoms with E-state index >= 15 is 0 Å². The van der Waals surface area contributed by atoms with Crippen LogP contribution in [0, 0.1) is 12.7 Å². The van der Waals surface area contributed by atoms with Crippen molar-refractivity contribution in [1.82, 2.24) is 25.5 Å². The van der Waals surface area contributed by atoms with Crippen LogP contribution < -0.4 is 5.32 Å². The maximum atomic E-state index is 14.6. The minimum Gasteiger partial charge on any atom is -0.414 e. The molecule has 0 spiro atoms. The summed E-state index contributed by atoms with van der Waals surface area (Å²) in [6.45, 7) is 4.32. The fourth-order valence-electron chi connectivity index (χ4n) is 3.75. The molecule has 194 valence electrons. The minimum atomic E-state index is -3.48. The Labute approximate surface area is 215 Å². The predicted octanol–water partition coefficient (Wildman–Crippen LogP) is 4.23. The van der Waals surface area contributed by atoms with Gasteiger partial charge in [0.2, 0.25) is 0 Å². The lowest BCUT2D eigenvalue weighted by molar-refractivity contribution is 0.194. The molecule has 1 N–H and O–H groups in total. The van der Waals surface area contributed by atoms with E-state index in [1.54, 1.807) is 70.6 Å². The highest BCUT2D eigenvalue weighted by atomic mass is 32.2. The van der Waals surface area contributed by atoms with Gasteiger partial charge in [0.25, 0.3) is 11.8 Å². The van der Waals surface area contributed by atoms with Gasteiger partial charge in [-0.3, -0.25) is 4.98 Å². The fourth-order valence-corrected chi connectivity index (χ4v) is 5.14. The molecule has 0 aliphatic carbocycles. The van der Waals surface area contributed by atoms with Crippen molar-refractivity contribution in [3.63, 3.8) is 0 Å². The number of aryl methyl sites for hydroxylation is 1. The molecule has 9 nitrogen and oxygen atoms in total. The van der Waals surface area contributed by atoms with E-state index in [0.717, 1.165) is 5.56 Å². The molecular formula is C26H28FN5O4S. The summed E-state index contributed by atoms with van der Waals surface area (Å²) in [5, 5.41) is 10.5. The quantitative estimate of drug-likeness (QED) is 0.324. The second-order valence-corrected chi connectivity index (χ2v) is 11.0. The van der Waals surface area contributed by atoms with Gasteiger partial charge in [-0.15, -0.1) is 10.2 Å². The van der Waals surface area contributed by atoms with Crippen molar-refractivity contribution in [1.29, 1.82) is 0 Å². The highest BCUT2D eigenvalue weighted by Gasteiger charge is 2.23. The van der Waals surface area contributed by atoms with Crippen molar-refractivity contribution < 1.29 is 22.0 Å². The zero-order chi connectivity index (χ0) is 26.6. The number of ether oxygens (including phenoxy) is 1. The van der Waals surface area contributed by atoms with Crippen LogP contribution in [0.3, 0.4) is 0 Å². The van der Waals surface area contributed by atoms with Crippen LogP contribution in [-0.4, -0.2) is 54.6 Å². The standard InChI is InChI=1S/C26H28FN5O4S/c1-16(11-12-35-4)37(33,34)20-8-6-19(7-9-20)23-15-29-17(2)24(30-23)26-32-31-25(36-26)21-10-5-18(14-28-3)13-22(21)27/h5-10,13,15-16,28H,11-12,14H2,1-4H3. The van der Waals surface area contributed by atoms with Gasteiger partial charge in [0.1, 0.15) is 11.5 Å². The molecule has 1 unspecified atom stereocenters. The summed E-state index contributed by atoms with van der Waals surface area (Å²) in [6, 6.07) is 11.3. The largest absolute Gasteiger partial charge is 0.414 e. The van der Waals surface area contributed by atoms with E-state index < -0.39 is 20.9 Å². The molecule has 0 saturated carbocycles. The molecule has 1 atom stereocenters. The van der Waals surface area contributed by atoms with Crippen molar-refractivity contribution >= 4 is 9.84 Å². The summed E-state index contributed by atoms with van der Waals surface area (Å²) in [4.78, 5) is 9.24. The molecular weight excluding hydrogens is 497 g/mol. The zero-order valence-electron chi connectivity index (χ0n) is 21.0. The van der Waals surface area contributed by atoms with E-state index in [4.69, 9.17) is 9.15 Å². The van der Waals surface area contributed by atoms with Gasteiger partial charge in [0, 0.05) is 25.8 Å². The number of rotatable bonds is 10. The summed E-state index contributed by atoms with van der Waals surface area (Å²) in [7, 11) is -0.156. The number of methoxy groups -OCH3 is 1. The smallest absolute Gasteiger partial charge is 0.268 e. The molecule has 0 bridgehead atoms. The lowest BCUT2D eigenvalue weighted by Crippen LogP contribution is -2.19. The number of halogens is 1. The van der Waals surface area contributed by atoms with Crippen molar-refractivity contribution in [2.45, 2.75) is 37.0 Å². The second kappa shape index (κ2) is 11.2. The van der Waals surface area contributed by atoms with Crippen LogP contribution in [0.2, 0.25) is 0 Å². The monoisotopic (exact) mass is 525 g/mol. The van der Waals surface area contributed by atoms with E-state index in [0.29, 0.717) is 42.2 Å². The Morgan fingerprint density at radius 1 is 1.11 bits per heavy atom. The number of aromatic nitrogens is 4. The number of benzene rings is 2. The van der Waals surface area contributed by atoms with Crippen molar-refractivity contribution in [3.8, 4) is 34.3 Å². The third-order valence-electron chi connectivity index (χ3n) is 5.96. The van der Waals surface area contributed by atoms with Crippen molar-refractivity contribution in [2.24, 2.45) is 0 Å². The minimum absolute atomic E-state index is 0.0345. The number of hydrogen-bond donors (Lipinski definition) is 1. The van der Waals surface area contributed by atoms with Gasteiger partial charge < -0.3 is 14.5 Å². The topological polar surface area (TPSA) is 120 Å². The molecule has 0 aliphatic heterocycles. The van der Waals surface area contributed by atoms with E-state index in [2.05, 4.69) is 25.5 Å². The normalized spacial score (nSPS) is 12.6. The van der Waals surface area contributed by atoms with Gasteiger partial charge in [-0.25, -0.2) is 17.8 Å². The SMILES string of the molecule is CNCc1ccc(-c2nnc(-c3nc(-c4ccc(S(=O)(=O)C(C)CCOC)cc4)cnc3C)o2)c(F)c1. The molecule has 0 fully saturated rings. The first-order valence-corrected chi connectivity index (χ1v) is 13.2. The molecule has 11 heteroatoms. The molecule has 4 aromatic rings. The van der Waals surface area contributed by atoms with Crippen LogP contribution in [-0.2, 0) is 21.1 Å². The average Bonchev–Trinajstić information content (AvgIpc) is 3.37. The van der Waals surface area contributed by atoms with Gasteiger partial charge in [0.05, 0.1) is 33.3 Å². The van der Waals surface area contributed by atoms with E-state index in [1.165, 1.54) is 6.07 Å². The maximum absolute atomic E-state index is 14.6. The summed E-state index contributed by atoms with van der Waals surface area (Å²) in [5.74, 6) is -0.329. The predicted molar refractivity (Wildman–Crippen MR) is 137 cm³/mol. The Kier molecular flexibility index (Phi) is 8.06. The first kappa shape index (κ1) is 26.5. The summed E-state index contributed by atoms with van der Waals surface area (Å²) in [6.07, 6.45) is 1.99. The highest BCUT2D eigenvalue weighted by molar-refractivity contribution is 7.92. The first-order chi connectivity index (χ1) is 17.7. The molecule has 0 amide bonds. The number of hydrogen-bond acceptors (Lipinski definition) is 9. The molecule has 4 rings (SSSR count). The molecule has 2 aromatic carbocycles. The van der Waals surface area contributed by atoms with Crippen LogP contribution in [0.15, 0.2) is 58.0 Å². The highest BCUT2D eigenvalue weighted by Crippen LogP contribution is 2.29. The fraction of sp³-hybridized carbons (Fsp3) is 0.308. The van der Waals surface area contributed by atoms with Gasteiger partial charge in [0.15, 0.2) is 9.84 Å². The molecule has 37 heavy (non-hydrogen) atoms. The lowest BCUT2D eigenvalue weighted by atomic mass is 10.1. The van der Waals surface area contributed by atoms with Crippen LogP contribution in [0.5, 0.6) is 0 Å². The van der Waals surface area contributed by atoms with E-state index in [1.807, 2.05) is 0 Å². The third-order valence-corrected chi connectivity index (χ3v) is 8.19. The lowest BCUT2D eigenvalue weighted by Gasteiger charge is -2.13.